The lowest BCUT2D eigenvalue weighted by molar-refractivity contribution is -0.118. The Morgan fingerprint density at radius 3 is 2.58 bits per heavy atom. The number of benzene rings is 3. The molecule has 168 valence electrons. The second-order valence-corrected chi connectivity index (χ2v) is 9.40. The van der Waals surface area contributed by atoms with Crippen LogP contribution in [-0.4, -0.2) is 26.9 Å². The van der Waals surface area contributed by atoms with E-state index in [0.717, 1.165) is 21.8 Å². The fourth-order valence-electron chi connectivity index (χ4n) is 3.27. The first-order valence-corrected chi connectivity index (χ1v) is 12.1. The van der Waals surface area contributed by atoms with Gasteiger partial charge in [-0.3, -0.25) is 4.79 Å². The van der Waals surface area contributed by atoms with Gasteiger partial charge in [-0.15, -0.1) is 0 Å². The van der Waals surface area contributed by atoms with Crippen molar-refractivity contribution >= 4 is 69.2 Å². The third-order valence-corrected chi connectivity index (χ3v) is 6.80. The average molecular weight is 518 g/mol. The second-order valence-electron chi connectivity index (χ2n) is 7.21. The largest absolute Gasteiger partial charge is 0.314 e. The lowest BCUT2D eigenvalue weighted by Crippen LogP contribution is -2.21. The number of rotatable bonds is 7. The summed E-state index contributed by atoms with van der Waals surface area (Å²) in [6, 6.07) is 20.7. The summed E-state index contributed by atoms with van der Waals surface area (Å²) in [4.78, 5) is 17.2. The Labute approximate surface area is 210 Å². The van der Waals surface area contributed by atoms with Crippen LogP contribution in [0.3, 0.4) is 0 Å². The molecule has 33 heavy (non-hydrogen) atoms. The first-order chi connectivity index (χ1) is 15.9. The van der Waals surface area contributed by atoms with Crippen LogP contribution in [0.2, 0.25) is 15.1 Å². The van der Waals surface area contributed by atoms with Crippen LogP contribution in [0.5, 0.6) is 0 Å². The van der Waals surface area contributed by atoms with E-state index in [4.69, 9.17) is 39.8 Å². The van der Waals surface area contributed by atoms with Crippen LogP contribution in [0.4, 0.5) is 0 Å². The molecule has 1 N–H and O–H groups in total. The van der Waals surface area contributed by atoms with Gasteiger partial charge in [0.1, 0.15) is 0 Å². The summed E-state index contributed by atoms with van der Waals surface area (Å²) >= 11 is 19.9. The highest BCUT2D eigenvalue weighted by molar-refractivity contribution is 7.99. The Morgan fingerprint density at radius 1 is 1.03 bits per heavy atom. The number of imidazole rings is 1. The zero-order valence-corrected chi connectivity index (χ0v) is 20.6. The monoisotopic (exact) mass is 516 g/mol. The van der Waals surface area contributed by atoms with Gasteiger partial charge in [-0.2, -0.15) is 5.10 Å². The number of carbonyl (C=O) groups is 1. The summed E-state index contributed by atoms with van der Waals surface area (Å²) in [6.45, 7) is 2.32. The van der Waals surface area contributed by atoms with E-state index in [1.165, 1.54) is 11.8 Å². The number of fused-ring (bicyclic) bond motifs is 1. The fourth-order valence-corrected chi connectivity index (χ4v) is 4.81. The number of aromatic nitrogens is 2. The molecule has 0 saturated carbocycles. The maximum absolute atomic E-state index is 12.5. The third-order valence-electron chi connectivity index (χ3n) is 4.91. The first-order valence-electron chi connectivity index (χ1n) is 10.0. The van der Waals surface area contributed by atoms with Crippen molar-refractivity contribution in [2.24, 2.45) is 5.10 Å². The second kappa shape index (κ2) is 10.6. The van der Waals surface area contributed by atoms with Crippen molar-refractivity contribution in [1.29, 1.82) is 0 Å². The quantitative estimate of drug-likeness (QED) is 0.169. The van der Waals surface area contributed by atoms with Crippen molar-refractivity contribution in [1.82, 2.24) is 15.0 Å². The predicted molar refractivity (Wildman–Crippen MR) is 138 cm³/mol. The molecule has 0 bridgehead atoms. The van der Waals surface area contributed by atoms with Gasteiger partial charge in [-0.05, 0) is 42.8 Å². The molecular formula is C24H19Cl3N4OS. The van der Waals surface area contributed by atoms with Gasteiger partial charge < -0.3 is 4.57 Å². The van der Waals surface area contributed by atoms with Crippen molar-refractivity contribution in [2.75, 3.05) is 5.75 Å². The highest BCUT2D eigenvalue weighted by atomic mass is 35.5. The van der Waals surface area contributed by atoms with Crippen LogP contribution in [0, 0.1) is 0 Å². The van der Waals surface area contributed by atoms with Crippen molar-refractivity contribution in [2.45, 2.75) is 18.6 Å². The minimum Gasteiger partial charge on any atom is -0.314 e. The lowest BCUT2D eigenvalue weighted by Gasteiger charge is -2.10. The maximum Gasteiger partial charge on any atom is 0.250 e. The molecule has 0 saturated heterocycles. The topological polar surface area (TPSA) is 59.3 Å². The molecule has 5 nitrogen and oxygen atoms in total. The van der Waals surface area contributed by atoms with E-state index in [1.807, 2.05) is 48.5 Å². The molecule has 3 aromatic carbocycles. The zero-order valence-electron chi connectivity index (χ0n) is 17.6. The molecule has 1 aromatic heterocycles. The van der Waals surface area contributed by atoms with E-state index in [2.05, 4.69) is 15.1 Å². The Kier molecular flexibility index (Phi) is 7.60. The van der Waals surface area contributed by atoms with Crippen LogP contribution in [0.15, 0.2) is 77.0 Å². The summed E-state index contributed by atoms with van der Waals surface area (Å²) in [5.41, 5.74) is 6.69. The zero-order chi connectivity index (χ0) is 23.4. The number of carbonyl (C=O) groups excluding carboxylic acids is 1. The Bertz CT molecular complexity index is 1350. The Balaban J connectivity index is 1.49. The number of hydrogen-bond acceptors (Lipinski definition) is 4. The summed E-state index contributed by atoms with van der Waals surface area (Å²) < 4.78 is 2.07. The lowest BCUT2D eigenvalue weighted by atomic mass is 10.1. The van der Waals surface area contributed by atoms with Crippen LogP contribution >= 0.6 is 46.6 Å². The van der Waals surface area contributed by atoms with Gasteiger partial charge in [0.05, 0.1) is 34.1 Å². The summed E-state index contributed by atoms with van der Waals surface area (Å²) in [7, 11) is 0. The average Bonchev–Trinajstić information content (AvgIpc) is 3.15. The first kappa shape index (κ1) is 23.6. The number of nitrogens with one attached hydrogen (secondary N) is 1. The molecule has 4 aromatic rings. The highest BCUT2D eigenvalue weighted by Crippen LogP contribution is 2.27. The minimum atomic E-state index is -0.249. The van der Waals surface area contributed by atoms with Gasteiger partial charge in [-0.25, -0.2) is 10.4 Å². The van der Waals surface area contributed by atoms with Gasteiger partial charge in [0, 0.05) is 15.6 Å². The molecule has 9 heteroatoms. The number of thioether (sulfide) groups is 1. The van der Waals surface area contributed by atoms with Crippen LogP contribution in [0.1, 0.15) is 18.1 Å². The van der Waals surface area contributed by atoms with Crippen LogP contribution < -0.4 is 5.43 Å². The third kappa shape index (κ3) is 5.71. The fraction of sp³-hybridized carbons (Fsp3) is 0.125. The maximum atomic E-state index is 12.5. The molecule has 0 aliphatic heterocycles. The van der Waals surface area contributed by atoms with Crippen molar-refractivity contribution < 1.29 is 4.79 Å². The molecule has 4 rings (SSSR count). The molecular weight excluding hydrogens is 499 g/mol. The van der Waals surface area contributed by atoms with Crippen LogP contribution in [-0.2, 0) is 11.3 Å². The van der Waals surface area contributed by atoms with Gasteiger partial charge >= 0.3 is 0 Å². The van der Waals surface area contributed by atoms with E-state index >= 15 is 0 Å². The smallest absolute Gasteiger partial charge is 0.250 e. The summed E-state index contributed by atoms with van der Waals surface area (Å²) in [5, 5.41) is 6.60. The van der Waals surface area contributed by atoms with Gasteiger partial charge in [-0.1, -0.05) is 83.0 Å². The van der Waals surface area contributed by atoms with Crippen molar-refractivity contribution in [3.8, 4) is 0 Å². The number of hydrogen-bond donors (Lipinski definition) is 1. The minimum absolute atomic E-state index is 0.150. The van der Waals surface area contributed by atoms with Gasteiger partial charge in [0.15, 0.2) is 5.16 Å². The Morgan fingerprint density at radius 2 is 1.79 bits per heavy atom. The van der Waals surface area contributed by atoms with E-state index in [-0.39, 0.29) is 11.7 Å². The van der Waals surface area contributed by atoms with E-state index in [9.17, 15) is 4.79 Å². The number of para-hydroxylation sites is 2. The van der Waals surface area contributed by atoms with Gasteiger partial charge in [0.25, 0.3) is 5.91 Å². The van der Waals surface area contributed by atoms with E-state index in [0.29, 0.717) is 32.9 Å². The molecule has 0 spiro atoms. The number of amides is 1. The SMILES string of the molecule is C/C(=N\NC(=O)CSc1nc2ccccc2n1Cc1ccccc1Cl)c1ccc(Cl)cc1Cl. The molecule has 0 aliphatic carbocycles. The standard InChI is InChI=1S/C24H19Cl3N4OS/c1-15(18-11-10-17(25)12-20(18)27)29-30-23(32)14-33-24-28-21-8-4-5-9-22(21)31(24)13-16-6-2-3-7-19(16)26/h2-12H,13-14H2,1H3,(H,30,32)/b29-15+. The molecule has 1 heterocycles. The van der Waals surface area contributed by atoms with Crippen molar-refractivity contribution in [3.05, 3.63) is 92.9 Å². The summed E-state index contributed by atoms with van der Waals surface area (Å²) in [6.07, 6.45) is 0. The molecule has 0 radical (unpaired) electrons. The van der Waals surface area contributed by atoms with Gasteiger partial charge in [0.2, 0.25) is 0 Å². The number of hydrazone groups is 1. The van der Waals surface area contributed by atoms with Crippen LogP contribution in [0.25, 0.3) is 11.0 Å². The predicted octanol–water partition coefficient (Wildman–Crippen LogP) is 6.68. The molecule has 0 atom stereocenters. The van der Waals surface area contributed by atoms with E-state index in [1.54, 1.807) is 25.1 Å². The normalized spacial score (nSPS) is 11.7. The highest BCUT2D eigenvalue weighted by Gasteiger charge is 2.14. The molecule has 1 amide bonds. The van der Waals surface area contributed by atoms with Crippen molar-refractivity contribution in [3.63, 3.8) is 0 Å². The molecule has 0 aliphatic rings. The number of halogens is 3. The molecule has 0 unspecified atom stereocenters. The summed E-state index contributed by atoms with van der Waals surface area (Å²) in [5.74, 6) is -0.0995. The molecule has 0 fully saturated rings. The van der Waals surface area contributed by atoms with E-state index < -0.39 is 0 Å². The number of nitrogens with zero attached hydrogens (tertiary/aromatic N) is 3. The Hall–Kier alpha value is -2.51.